The number of carbonyl (C=O) groups is 2. The number of rotatable bonds is 4. The normalized spacial score (nSPS) is 18.1. The Morgan fingerprint density at radius 3 is 2.60 bits per heavy atom. The molecule has 1 heterocycles. The van der Waals surface area contributed by atoms with Crippen LogP contribution in [0.2, 0.25) is 0 Å². The zero-order valence-electron chi connectivity index (χ0n) is 13.7. The number of halogens is 1. The maximum absolute atomic E-state index is 13.6. The maximum Gasteiger partial charge on any atom is 0.316 e. The van der Waals surface area contributed by atoms with E-state index in [1.165, 1.54) is 12.1 Å². The molecule has 2 aromatic rings. The zero-order chi connectivity index (χ0) is 17.6. The van der Waals surface area contributed by atoms with E-state index in [9.17, 15) is 14.0 Å². The number of hydrogen-bond acceptors (Lipinski definition) is 2. The van der Waals surface area contributed by atoms with E-state index >= 15 is 0 Å². The summed E-state index contributed by atoms with van der Waals surface area (Å²) in [5, 5.41) is 8.28. The molecule has 3 amide bonds. The molecule has 0 aliphatic carbocycles. The van der Waals surface area contributed by atoms with Gasteiger partial charge in [-0.2, -0.15) is 0 Å². The first-order valence-electron chi connectivity index (χ1n) is 8.28. The minimum absolute atomic E-state index is 0.177. The largest absolute Gasteiger partial charge is 0.354 e. The molecule has 5 nitrogen and oxygen atoms in total. The SMILES string of the molecule is O=C(N[C@@H](c1ccccc1)c1cccc(F)c1)N[C@@H]1CCCNC1=O. The van der Waals surface area contributed by atoms with Crippen molar-refractivity contribution in [3.63, 3.8) is 0 Å². The number of amides is 3. The fourth-order valence-corrected chi connectivity index (χ4v) is 2.93. The highest BCUT2D eigenvalue weighted by molar-refractivity contribution is 5.87. The molecule has 1 fully saturated rings. The van der Waals surface area contributed by atoms with Crippen LogP contribution in [0.4, 0.5) is 9.18 Å². The van der Waals surface area contributed by atoms with Gasteiger partial charge in [-0.1, -0.05) is 42.5 Å². The summed E-state index contributed by atoms with van der Waals surface area (Å²) in [5.74, 6) is -0.546. The number of carbonyl (C=O) groups excluding carboxylic acids is 2. The first-order valence-corrected chi connectivity index (χ1v) is 8.28. The van der Waals surface area contributed by atoms with Crippen molar-refractivity contribution in [3.05, 3.63) is 71.5 Å². The predicted octanol–water partition coefficient (Wildman–Crippen LogP) is 2.49. The lowest BCUT2D eigenvalue weighted by Gasteiger charge is -2.25. The van der Waals surface area contributed by atoms with Crippen molar-refractivity contribution in [2.75, 3.05) is 6.54 Å². The van der Waals surface area contributed by atoms with Gasteiger partial charge in [-0.3, -0.25) is 4.79 Å². The van der Waals surface area contributed by atoms with Gasteiger partial charge >= 0.3 is 6.03 Å². The Labute approximate surface area is 145 Å². The zero-order valence-corrected chi connectivity index (χ0v) is 13.7. The van der Waals surface area contributed by atoms with E-state index in [-0.39, 0.29) is 11.7 Å². The van der Waals surface area contributed by atoms with Crippen molar-refractivity contribution < 1.29 is 14.0 Å². The van der Waals surface area contributed by atoms with Crippen LogP contribution >= 0.6 is 0 Å². The van der Waals surface area contributed by atoms with Gasteiger partial charge in [-0.25, -0.2) is 9.18 Å². The molecular formula is C19H20FN3O2. The van der Waals surface area contributed by atoms with Gasteiger partial charge in [-0.05, 0) is 36.1 Å². The number of benzene rings is 2. The van der Waals surface area contributed by atoms with Crippen molar-refractivity contribution in [3.8, 4) is 0 Å². The third-order valence-electron chi connectivity index (χ3n) is 4.18. The van der Waals surface area contributed by atoms with E-state index in [2.05, 4.69) is 16.0 Å². The van der Waals surface area contributed by atoms with E-state index < -0.39 is 18.1 Å². The van der Waals surface area contributed by atoms with E-state index in [1.807, 2.05) is 30.3 Å². The molecule has 0 unspecified atom stereocenters. The van der Waals surface area contributed by atoms with Crippen molar-refractivity contribution in [2.45, 2.75) is 24.9 Å². The van der Waals surface area contributed by atoms with Gasteiger partial charge in [0.1, 0.15) is 11.9 Å². The Hall–Kier alpha value is -2.89. The monoisotopic (exact) mass is 341 g/mol. The molecule has 6 heteroatoms. The van der Waals surface area contributed by atoms with Gasteiger partial charge in [0.15, 0.2) is 0 Å². The minimum atomic E-state index is -0.544. The molecule has 0 spiro atoms. The summed E-state index contributed by atoms with van der Waals surface area (Å²) in [4.78, 5) is 24.2. The van der Waals surface area contributed by atoms with Crippen LogP contribution in [0.5, 0.6) is 0 Å². The molecule has 0 bridgehead atoms. The third-order valence-corrected chi connectivity index (χ3v) is 4.18. The van der Waals surface area contributed by atoms with Crippen LogP contribution in [-0.2, 0) is 4.79 Å². The molecule has 0 radical (unpaired) electrons. The van der Waals surface area contributed by atoms with Crippen LogP contribution < -0.4 is 16.0 Å². The molecule has 1 aliphatic heterocycles. The van der Waals surface area contributed by atoms with Crippen molar-refractivity contribution >= 4 is 11.9 Å². The third kappa shape index (κ3) is 4.35. The van der Waals surface area contributed by atoms with E-state index in [4.69, 9.17) is 0 Å². The molecule has 0 aromatic heterocycles. The maximum atomic E-state index is 13.6. The second kappa shape index (κ2) is 7.79. The summed E-state index contributed by atoms with van der Waals surface area (Å²) in [7, 11) is 0. The Bertz CT molecular complexity index is 751. The average Bonchev–Trinajstić information content (AvgIpc) is 2.62. The Morgan fingerprint density at radius 1 is 1.12 bits per heavy atom. The Balaban J connectivity index is 1.78. The van der Waals surface area contributed by atoms with E-state index in [0.717, 1.165) is 12.0 Å². The quantitative estimate of drug-likeness (QED) is 0.800. The van der Waals surface area contributed by atoms with Crippen LogP contribution in [-0.4, -0.2) is 24.5 Å². The fraction of sp³-hybridized carbons (Fsp3) is 0.263. The van der Waals surface area contributed by atoms with E-state index in [0.29, 0.717) is 18.5 Å². The fourth-order valence-electron chi connectivity index (χ4n) is 2.93. The lowest BCUT2D eigenvalue weighted by Crippen LogP contribution is -2.53. The number of nitrogens with one attached hydrogen (secondary N) is 3. The van der Waals surface area contributed by atoms with Crippen LogP contribution in [0.15, 0.2) is 54.6 Å². The average molecular weight is 341 g/mol. The lowest BCUT2D eigenvalue weighted by molar-refractivity contribution is -0.124. The predicted molar refractivity (Wildman–Crippen MR) is 92.4 cm³/mol. The lowest BCUT2D eigenvalue weighted by atomic mass is 9.98. The first-order chi connectivity index (χ1) is 12.1. The number of urea groups is 1. The topological polar surface area (TPSA) is 70.2 Å². The van der Waals surface area contributed by atoms with Gasteiger partial charge in [0.2, 0.25) is 5.91 Å². The standard InChI is InChI=1S/C19H20FN3O2/c20-15-9-4-8-14(12-15)17(13-6-2-1-3-7-13)23-19(25)22-16-10-5-11-21-18(16)24/h1-4,6-9,12,16-17H,5,10-11H2,(H,21,24)(H2,22,23,25)/t16-,17+/m1/s1. The van der Waals surface area contributed by atoms with Crippen molar-refractivity contribution in [1.82, 2.24) is 16.0 Å². The highest BCUT2D eigenvalue weighted by Crippen LogP contribution is 2.22. The van der Waals surface area contributed by atoms with Gasteiger partial charge in [-0.15, -0.1) is 0 Å². The van der Waals surface area contributed by atoms with Gasteiger partial charge in [0.25, 0.3) is 0 Å². The van der Waals surface area contributed by atoms with Gasteiger partial charge in [0.05, 0.1) is 6.04 Å². The van der Waals surface area contributed by atoms with E-state index in [1.54, 1.807) is 12.1 Å². The number of hydrogen-bond donors (Lipinski definition) is 3. The van der Waals surface area contributed by atoms with Crippen LogP contribution in [0.3, 0.4) is 0 Å². The summed E-state index contributed by atoms with van der Waals surface area (Å²) in [5.41, 5.74) is 1.46. The second-order valence-corrected chi connectivity index (χ2v) is 6.00. The van der Waals surface area contributed by atoms with Gasteiger partial charge < -0.3 is 16.0 Å². The molecule has 2 aromatic carbocycles. The van der Waals surface area contributed by atoms with Gasteiger partial charge in [0, 0.05) is 6.54 Å². The molecule has 0 saturated carbocycles. The molecule has 2 atom stereocenters. The Morgan fingerprint density at radius 2 is 1.88 bits per heavy atom. The summed E-state index contributed by atoms with van der Waals surface area (Å²) in [6.07, 6.45) is 1.43. The molecular weight excluding hydrogens is 321 g/mol. The van der Waals surface area contributed by atoms with Crippen LogP contribution in [0.25, 0.3) is 0 Å². The summed E-state index contributed by atoms with van der Waals surface area (Å²) >= 11 is 0. The molecule has 3 rings (SSSR count). The summed E-state index contributed by atoms with van der Waals surface area (Å²) in [6, 6.07) is 13.9. The van der Waals surface area contributed by atoms with Crippen LogP contribution in [0.1, 0.15) is 30.0 Å². The smallest absolute Gasteiger partial charge is 0.316 e. The first kappa shape index (κ1) is 17.0. The highest BCUT2D eigenvalue weighted by Gasteiger charge is 2.25. The minimum Gasteiger partial charge on any atom is -0.354 e. The molecule has 3 N–H and O–H groups in total. The molecule has 1 saturated heterocycles. The van der Waals surface area contributed by atoms with Crippen molar-refractivity contribution in [1.29, 1.82) is 0 Å². The second-order valence-electron chi connectivity index (χ2n) is 6.00. The molecule has 130 valence electrons. The molecule has 1 aliphatic rings. The molecule has 25 heavy (non-hydrogen) atoms. The Kier molecular flexibility index (Phi) is 5.28. The number of piperidine rings is 1. The summed E-state index contributed by atoms with van der Waals surface area (Å²) in [6.45, 7) is 0.633. The van der Waals surface area contributed by atoms with Crippen LogP contribution in [0, 0.1) is 5.82 Å². The van der Waals surface area contributed by atoms with Crippen molar-refractivity contribution in [2.24, 2.45) is 0 Å². The summed E-state index contributed by atoms with van der Waals surface area (Å²) < 4.78 is 13.6. The highest BCUT2D eigenvalue weighted by atomic mass is 19.1.